The summed E-state index contributed by atoms with van der Waals surface area (Å²) in [5, 5.41) is 1.32. The summed E-state index contributed by atoms with van der Waals surface area (Å²) >= 11 is 1.84. The lowest BCUT2D eigenvalue weighted by Crippen LogP contribution is -1.82. The van der Waals surface area contributed by atoms with Crippen molar-refractivity contribution in [3.8, 4) is 0 Å². The van der Waals surface area contributed by atoms with Crippen LogP contribution in [-0.4, -0.2) is 4.98 Å². The van der Waals surface area contributed by atoms with E-state index in [1.54, 1.807) is 0 Å². The van der Waals surface area contributed by atoms with Gasteiger partial charge in [0.05, 0.1) is 4.83 Å². The van der Waals surface area contributed by atoms with Crippen molar-refractivity contribution in [3.63, 3.8) is 0 Å². The molecule has 0 amide bonds. The molecule has 1 N–H and O–H groups in total. The highest BCUT2D eigenvalue weighted by atomic mass is 32.1. The van der Waals surface area contributed by atoms with E-state index in [-0.39, 0.29) is 0 Å². The van der Waals surface area contributed by atoms with Gasteiger partial charge in [0.2, 0.25) is 0 Å². The van der Waals surface area contributed by atoms with Gasteiger partial charge in [0.25, 0.3) is 0 Å². The van der Waals surface area contributed by atoms with Crippen molar-refractivity contribution in [2.75, 3.05) is 0 Å². The fourth-order valence-electron chi connectivity index (χ4n) is 1.79. The molecule has 0 saturated carbocycles. The molecule has 0 unspecified atom stereocenters. The molecule has 3 rings (SSSR count). The monoisotopic (exact) mass is 213 g/mol. The van der Waals surface area contributed by atoms with Crippen molar-refractivity contribution in [1.82, 2.24) is 4.98 Å². The molecule has 0 fully saturated rings. The Morgan fingerprint density at radius 2 is 1.93 bits per heavy atom. The Bertz CT molecular complexity index is 534. The highest BCUT2D eigenvalue weighted by Gasteiger charge is 2.02. The van der Waals surface area contributed by atoms with Crippen molar-refractivity contribution in [2.45, 2.75) is 6.42 Å². The molecule has 0 saturated heterocycles. The summed E-state index contributed by atoms with van der Waals surface area (Å²) in [6, 6.07) is 15.0. The van der Waals surface area contributed by atoms with Crippen LogP contribution < -0.4 is 0 Å². The maximum absolute atomic E-state index is 3.24. The van der Waals surface area contributed by atoms with Gasteiger partial charge in [0.1, 0.15) is 0 Å². The van der Waals surface area contributed by atoms with E-state index in [0.29, 0.717) is 0 Å². The molecule has 15 heavy (non-hydrogen) atoms. The highest BCUT2D eigenvalue weighted by molar-refractivity contribution is 7.18. The van der Waals surface area contributed by atoms with E-state index in [9.17, 15) is 0 Å². The van der Waals surface area contributed by atoms with Gasteiger partial charge in [-0.1, -0.05) is 30.3 Å². The van der Waals surface area contributed by atoms with E-state index in [4.69, 9.17) is 0 Å². The molecule has 1 aromatic carbocycles. The van der Waals surface area contributed by atoms with Crippen molar-refractivity contribution in [3.05, 3.63) is 59.1 Å². The van der Waals surface area contributed by atoms with Crippen LogP contribution in [0.15, 0.2) is 48.7 Å². The zero-order valence-electron chi connectivity index (χ0n) is 8.23. The Morgan fingerprint density at radius 1 is 1.07 bits per heavy atom. The van der Waals surface area contributed by atoms with Crippen LogP contribution in [-0.2, 0) is 6.42 Å². The molecule has 0 aliphatic rings. The predicted octanol–water partition coefficient (Wildman–Crippen LogP) is 3.82. The van der Waals surface area contributed by atoms with E-state index in [1.165, 1.54) is 20.7 Å². The summed E-state index contributed by atoms with van der Waals surface area (Å²) in [4.78, 5) is 5.94. The van der Waals surface area contributed by atoms with E-state index in [2.05, 4.69) is 47.4 Å². The Hall–Kier alpha value is -1.54. The van der Waals surface area contributed by atoms with Gasteiger partial charge >= 0.3 is 0 Å². The third kappa shape index (κ3) is 1.68. The van der Waals surface area contributed by atoms with Crippen LogP contribution in [0.25, 0.3) is 10.2 Å². The smallest absolute Gasteiger partial charge is 0.0999 e. The minimum Gasteiger partial charge on any atom is -0.353 e. The SMILES string of the molecule is c1ccc(Cc2cc3cc[nH]c3s2)cc1. The quantitative estimate of drug-likeness (QED) is 0.666. The first kappa shape index (κ1) is 8.74. The Morgan fingerprint density at radius 3 is 2.73 bits per heavy atom. The summed E-state index contributed by atoms with van der Waals surface area (Å²) in [5.74, 6) is 0. The third-order valence-corrected chi connectivity index (χ3v) is 3.59. The molecule has 2 aromatic heterocycles. The number of fused-ring (bicyclic) bond motifs is 1. The van der Waals surface area contributed by atoms with Crippen molar-refractivity contribution in [2.24, 2.45) is 0 Å². The Balaban J connectivity index is 1.93. The third-order valence-electron chi connectivity index (χ3n) is 2.51. The fourth-order valence-corrected chi connectivity index (χ4v) is 2.85. The number of aromatic amines is 1. The van der Waals surface area contributed by atoms with E-state index < -0.39 is 0 Å². The van der Waals surface area contributed by atoms with Crippen LogP contribution in [0.2, 0.25) is 0 Å². The van der Waals surface area contributed by atoms with Crippen LogP contribution in [0, 0.1) is 0 Å². The van der Waals surface area contributed by atoms with Gasteiger partial charge in [-0.15, -0.1) is 11.3 Å². The van der Waals surface area contributed by atoms with E-state index in [1.807, 2.05) is 17.5 Å². The second kappa shape index (κ2) is 3.55. The van der Waals surface area contributed by atoms with Gasteiger partial charge < -0.3 is 4.98 Å². The topological polar surface area (TPSA) is 15.8 Å². The van der Waals surface area contributed by atoms with Crippen LogP contribution in [0.1, 0.15) is 10.4 Å². The van der Waals surface area contributed by atoms with E-state index in [0.717, 1.165) is 6.42 Å². The number of thiophene rings is 1. The largest absolute Gasteiger partial charge is 0.353 e. The molecule has 1 nitrogen and oxygen atoms in total. The number of nitrogens with one attached hydrogen (secondary N) is 1. The molecular formula is C13H11NS. The molecule has 0 aliphatic heterocycles. The highest BCUT2D eigenvalue weighted by Crippen LogP contribution is 2.25. The summed E-state index contributed by atoms with van der Waals surface area (Å²) in [5.41, 5.74) is 1.38. The fraction of sp³-hybridized carbons (Fsp3) is 0.0769. The average Bonchev–Trinajstić information content (AvgIpc) is 2.79. The maximum Gasteiger partial charge on any atom is 0.0999 e. The predicted molar refractivity (Wildman–Crippen MR) is 65.4 cm³/mol. The summed E-state index contributed by atoms with van der Waals surface area (Å²) in [6.45, 7) is 0. The second-order valence-corrected chi connectivity index (χ2v) is 4.77. The molecule has 3 aromatic rings. The van der Waals surface area contributed by atoms with Gasteiger partial charge in [-0.05, 0) is 17.7 Å². The Labute approximate surface area is 92.4 Å². The molecule has 0 aliphatic carbocycles. The first-order valence-corrected chi connectivity index (χ1v) is 5.83. The summed E-state index contributed by atoms with van der Waals surface area (Å²) in [6.07, 6.45) is 3.03. The number of benzene rings is 1. The molecule has 2 heteroatoms. The van der Waals surface area contributed by atoms with Crippen molar-refractivity contribution in [1.29, 1.82) is 0 Å². The Kier molecular flexibility index (Phi) is 2.07. The molecule has 2 heterocycles. The van der Waals surface area contributed by atoms with E-state index >= 15 is 0 Å². The second-order valence-electron chi connectivity index (χ2n) is 3.64. The lowest BCUT2D eigenvalue weighted by atomic mass is 10.1. The first-order valence-electron chi connectivity index (χ1n) is 5.01. The van der Waals surface area contributed by atoms with Crippen LogP contribution >= 0.6 is 11.3 Å². The average molecular weight is 213 g/mol. The van der Waals surface area contributed by atoms with Gasteiger partial charge in [-0.2, -0.15) is 0 Å². The molecule has 0 bridgehead atoms. The van der Waals surface area contributed by atoms with Crippen LogP contribution in [0.4, 0.5) is 0 Å². The lowest BCUT2D eigenvalue weighted by molar-refractivity contribution is 1.24. The zero-order chi connectivity index (χ0) is 10.1. The zero-order valence-corrected chi connectivity index (χ0v) is 9.05. The normalized spacial score (nSPS) is 10.9. The first-order chi connectivity index (χ1) is 7.42. The lowest BCUT2D eigenvalue weighted by Gasteiger charge is -1.96. The number of H-pyrrole nitrogens is 1. The molecule has 0 spiro atoms. The molecule has 0 atom stereocenters. The number of aromatic nitrogens is 1. The van der Waals surface area contributed by atoms with Gasteiger partial charge in [-0.25, -0.2) is 0 Å². The summed E-state index contributed by atoms with van der Waals surface area (Å²) < 4.78 is 0. The van der Waals surface area contributed by atoms with Crippen LogP contribution in [0.5, 0.6) is 0 Å². The number of hydrogen-bond donors (Lipinski definition) is 1. The van der Waals surface area contributed by atoms with Crippen molar-refractivity contribution < 1.29 is 0 Å². The molecular weight excluding hydrogens is 202 g/mol. The molecule has 74 valence electrons. The summed E-state index contributed by atoms with van der Waals surface area (Å²) in [7, 11) is 0. The number of hydrogen-bond acceptors (Lipinski definition) is 1. The van der Waals surface area contributed by atoms with Crippen molar-refractivity contribution >= 4 is 21.6 Å². The van der Waals surface area contributed by atoms with Gasteiger partial charge in [-0.3, -0.25) is 0 Å². The standard InChI is InChI=1S/C13H11NS/c1-2-4-10(5-3-1)8-12-9-11-6-7-14-13(11)15-12/h1-7,9,14H,8H2. The van der Waals surface area contributed by atoms with Crippen LogP contribution in [0.3, 0.4) is 0 Å². The van der Waals surface area contributed by atoms with Gasteiger partial charge in [0.15, 0.2) is 0 Å². The van der Waals surface area contributed by atoms with Gasteiger partial charge in [0, 0.05) is 22.9 Å². The number of rotatable bonds is 2. The minimum atomic E-state index is 1.04. The molecule has 0 radical (unpaired) electrons. The maximum atomic E-state index is 3.24. The minimum absolute atomic E-state index is 1.04.